The van der Waals surface area contributed by atoms with Crippen LogP contribution in [0.3, 0.4) is 0 Å². The Morgan fingerprint density at radius 3 is 2.34 bits per heavy atom. The Hall–Kier alpha value is -3.29. The molecule has 0 radical (unpaired) electrons. The van der Waals surface area contributed by atoms with Crippen LogP contribution in [0.25, 0.3) is 0 Å². The molecule has 0 N–H and O–H groups in total. The summed E-state index contributed by atoms with van der Waals surface area (Å²) in [5, 5.41) is 10.8. The van der Waals surface area contributed by atoms with Crippen LogP contribution in [-0.2, 0) is 0 Å². The van der Waals surface area contributed by atoms with Crippen molar-refractivity contribution in [3.05, 3.63) is 58.1 Å². The summed E-state index contributed by atoms with van der Waals surface area (Å²) in [5.41, 5.74) is 1.57. The van der Waals surface area contributed by atoms with Crippen LogP contribution in [-0.4, -0.2) is 55.6 Å². The van der Waals surface area contributed by atoms with E-state index in [1.165, 1.54) is 25.0 Å². The summed E-state index contributed by atoms with van der Waals surface area (Å²) >= 11 is 0. The first-order valence-electron chi connectivity index (χ1n) is 11.1. The van der Waals surface area contributed by atoms with E-state index in [1.54, 1.807) is 37.4 Å². The normalized spacial score (nSPS) is 13.7. The van der Waals surface area contributed by atoms with Crippen LogP contribution in [0.4, 0.5) is 11.4 Å². The van der Waals surface area contributed by atoms with Gasteiger partial charge in [0.1, 0.15) is 0 Å². The fourth-order valence-electron chi connectivity index (χ4n) is 3.77. The summed E-state index contributed by atoms with van der Waals surface area (Å²) in [7, 11) is 1.58. The van der Waals surface area contributed by atoms with Crippen LogP contribution in [0.5, 0.6) is 11.5 Å². The van der Waals surface area contributed by atoms with Crippen LogP contribution in [0.15, 0.2) is 42.5 Å². The van der Waals surface area contributed by atoms with Crippen molar-refractivity contribution in [1.82, 2.24) is 4.90 Å². The Morgan fingerprint density at radius 1 is 1.00 bits per heavy atom. The van der Waals surface area contributed by atoms with E-state index in [-0.39, 0.29) is 11.6 Å². The fourth-order valence-corrected chi connectivity index (χ4v) is 3.77. The predicted molar refractivity (Wildman–Crippen MR) is 124 cm³/mol. The first kappa shape index (κ1) is 23.4. The maximum atomic E-state index is 13.0. The number of carbonyl (C=O) groups excluding carboxylic acids is 1. The summed E-state index contributed by atoms with van der Waals surface area (Å²) in [6, 6.07) is 11.8. The van der Waals surface area contributed by atoms with Crippen LogP contribution >= 0.6 is 0 Å². The molecule has 2 aromatic carbocycles. The second kappa shape index (κ2) is 11.4. The largest absolute Gasteiger partial charge is 0.493 e. The average molecular weight is 442 g/mol. The number of nitro groups is 1. The molecule has 8 heteroatoms. The topological polar surface area (TPSA) is 85.2 Å². The molecule has 0 aliphatic carbocycles. The lowest BCUT2D eigenvalue weighted by molar-refractivity contribution is -0.384. The summed E-state index contributed by atoms with van der Waals surface area (Å²) in [5.74, 6) is 1.18. The van der Waals surface area contributed by atoms with Gasteiger partial charge in [-0.25, -0.2) is 0 Å². The van der Waals surface area contributed by atoms with E-state index < -0.39 is 4.92 Å². The van der Waals surface area contributed by atoms with Gasteiger partial charge in [-0.2, -0.15) is 0 Å². The summed E-state index contributed by atoms with van der Waals surface area (Å²) in [4.78, 5) is 27.4. The van der Waals surface area contributed by atoms with E-state index in [1.807, 2.05) is 4.90 Å². The monoisotopic (exact) mass is 441 g/mol. The van der Waals surface area contributed by atoms with E-state index in [0.29, 0.717) is 49.8 Å². The third-order valence-electron chi connectivity index (χ3n) is 5.66. The number of carbonyl (C=O) groups is 1. The van der Waals surface area contributed by atoms with Gasteiger partial charge < -0.3 is 19.3 Å². The molecule has 1 saturated heterocycles. The van der Waals surface area contributed by atoms with E-state index in [9.17, 15) is 14.9 Å². The van der Waals surface area contributed by atoms with Crippen molar-refractivity contribution in [2.75, 3.05) is 44.8 Å². The van der Waals surface area contributed by atoms with Crippen LogP contribution < -0.4 is 14.4 Å². The molecule has 1 fully saturated rings. The quantitative estimate of drug-likeness (QED) is 0.306. The van der Waals surface area contributed by atoms with Crippen molar-refractivity contribution in [3.8, 4) is 11.5 Å². The second-order valence-electron chi connectivity index (χ2n) is 7.83. The number of piperazine rings is 1. The maximum absolute atomic E-state index is 13.0. The standard InChI is InChI=1S/C24H31N3O5/c1-3-4-5-6-17-32-22-12-7-19(18-23(22)31-2)24(28)26-15-13-25(14-16-26)20-8-10-21(11-9-20)27(29)30/h7-12,18H,3-6,13-17H2,1-2H3. The Balaban J connectivity index is 1.56. The van der Waals surface area contributed by atoms with Crippen LogP contribution in [0.2, 0.25) is 0 Å². The fraction of sp³-hybridized carbons (Fsp3) is 0.458. The number of hydrogen-bond acceptors (Lipinski definition) is 6. The highest BCUT2D eigenvalue weighted by Crippen LogP contribution is 2.29. The van der Waals surface area contributed by atoms with Crippen molar-refractivity contribution in [2.45, 2.75) is 32.6 Å². The van der Waals surface area contributed by atoms with Crippen LogP contribution in [0, 0.1) is 10.1 Å². The molecule has 172 valence electrons. The maximum Gasteiger partial charge on any atom is 0.269 e. The Morgan fingerprint density at radius 2 is 1.72 bits per heavy atom. The first-order chi connectivity index (χ1) is 15.5. The van der Waals surface area contributed by atoms with Gasteiger partial charge in [-0.05, 0) is 36.8 Å². The molecule has 0 atom stereocenters. The minimum absolute atomic E-state index is 0.0406. The van der Waals surface area contributed by atoms with Gasteiger partial charge in [0.15, 0.2) is 11.5 Å². The number of nitrogens with zero attached hydrogens (tertiary/aromatic N) is 3. The summed E-state index contributed by atoms with van der Waals surface area (Å²) in [6.07, 6.45) is 4.52. The number of nitro benzene ring substituents is 1. The van der Waals surface area contributed by atoms with Gasteiger partial charge in [0.25, 0.3) is 11.6 Å². The molecule has 2 aromatic rings. The Bertz CT molecular complexity index is 908. The van der Waals surface area contributed by atoms with Crippen molar-refractivity contribution in [1.29, 1.82) is 0 Å². The van der Waals surface area contributed by atoms with Gasteiger partial charge in [0.2, 0.25) is 0 Å². The van der Waals surface area contributed by atoms with E-state index in [2.05, 4.69) is 11.8 Å². The number of hydrogen-bond donors (Lipinski definition) is 0. The smallest absolute Gasteiger partial charge is 0.269 e. The SMILES string of the molecule is CCCCCCOc1ccc(C(=O)N2CCN(c3ccc([N+](=O)[O-])cc3)CC2)cc1OC. The highest BCUT2D eigenvalue weighted by molar-refractivity contribution is 5.95. The molecule has 0 aromatic heterocycles. The van der Waals surface area contributed by atoms with Gasteiger partial charge in [-0.3, -0.25) is 14.9 Å². The molecule has 32 heavy (non-hydrogen) atoms. The molecule has 8 nitrogen and oxygen atoms in total. The lowest BCUT2D eigenvalue weighted by Gasteiger charge is -2.36. The molecule has 3 rings (SSSR count). The van der Waals surface area contributed by atoms with Crippen molar-refractivity contribution in [3.63, 3.8) is 0 Å². The third kappa shape index (κ3) is 5.90. The van der Waals surface area contributed by atoms with E-state index >= 15 is 0 Å². The number of unbranched alkanes of at least 4 members (excludes halogenated alkanes) is 3. The minimum Gasteiger partial charge on any atom is -0.493 e. The molecule has 1 heterocycles. The van der Waals surface area contributed by atoms with E-state index in [4.69, 9.17) is 9.47 Å². The first-order valence-corrected chi connectivity index (χ1v) is 11.1. The van der Waals surface area contributed by atoms with E-state index in [0.717, 1.165) is 18.5 Å². The lowest BCUT2D eigenvalue weighted by Crippen LogP contribution is -2.48. The van der Waals surface area contributed by atoms with Gasteiger partial charge in [-0.1, -0.05) is 26.2 Å². The van der Waals surface area contributed by atoms with Gasteiger partial charge in [0.05, 0.1) is 18.6 Å². The second-order valence-corrected chi connectivity index (χ2v) is 7.83. The molecular formula is C24H31N3O5. The molecule has 1 amide bonds. The summed E-state index contributed by atoms with van der Waals surface area (Å²) in [6.45, 7) is 5.30. The lowest BCUT2D eigenvalue weighted by atomic mass is 10.1. The molecule has 0 bridgehead atoms. The number of amides is 1. The number of methoxy groups -OCH3 is 1. The molecule has 0 spiro atoms. The number of anilines is 1. The molecule has 1 aliphatic rings. The summed E-state index contributed by atoms with van der Waals surface area (Å²) < 4.78 is 11.3. The molecular weight excluding hydrogens is 410 g/mol. The minimum atomic E-state index is -0.405. The Kier molecular flexibility index (Phi) is 8.30. The van der Waals surface area contributed by atoms with Crippen LogP contribution in [0.1, 0.15) is 43.0 Å². The van der Waals surface area contributed by atoms with Crippen molar-refractivity contribution >= 4 is 17.3 Å². The zero-order chi connectivity index (χ0) is 22.9. The number of rotatable bonds is 10. The average Bonchev–Trinajstić information content (AvgIpc) is 2.83. The highest BCUT2D eigenvalue weighted by Gasteiger charge is 2.23. The van der Waals surface area contributed by atoms with Crippen molar-refractivity contribution in [2.24, 2.45) is 0 Å². The number of non-ortho nitro benzene ring substituents is 1. The highest BCUT2D eigenvalue weighted by atomic mass is 16.6. The zero-order valence-corrected chi connectivity index (χ0v) is 18.8. The third-order valence-corrected chi connectivity index (χ3v) is 5.66. The number of ether oxygens (including phenoxy) is 2. The molecule has 0 saturated carbocycles. The zero-order valence-electron chi connectivity index (χ0n) is 18.8. The molecule has 1 aliphatic heterocycles. The number of benzene rings is 2. The van der Waals surface area contributed by atoms with Crippen molar-refractivity contribution < 1.29 is 19.2 Å². The van der Waals surface area contributed by atoms with Gasteiger partial charge in [0, 0.05) is 49.6 Å². The van der Waals surface area contributed by atoms with Gasteiger partial charge in [-0.15, -0.1) is 0 Å². The molecule has 0 unspecified atom stereocenters. The van der Waals surface area contributed by atoms with Gasteiger partial charge >= 0.3 is 0 Å². The predicted octanol–water partition coefficient (Wildman–Crippen LogP) is 4.52. The Labute approximate surface area is 188 Å².